The van der Waals surface area contributed by atoms with Crippen LogP contribution in [0, 0.1) is 11.6 Å². The lowest BCUT2D eigenvalue weighted by molar-refractivity contribution is 0.627. The molecule has 0 atom stereocenters. The Bertz CT molecular complexity index is 810. The van der Waals surface area contributed by atoms with Gasteiger partial charge in [-0.1, -0.05) is 13.8 Å². The fourth-order valence-electron chi connectivity index (χ4n) is 2.31. The molecule has 0 saturated heterocycles. The molecule has 1 aromatic heterocycles. The van der Waals surface area contributed by atoms with Crippen molar-refractivity contribution in [2.24, 2.45) is 0 Å². The topological polar surface area (TPSA) is 25.8 Å². The van der Waals surface area contributed by atoms with Crippen LogP contribution in [0.3, 0.4) is 0 Å². The van der Waals surface area contributed by atoms with Crippen LogP contribution in [0.1, 0.15) is 25.5 Å². The summed E-state index contributed by atoms with van der Waals surface area (Å²) in [5, 5.41) is 0. The summed E-state index contributed by atoms with van der Waals surface area (Å²) in [7, 11) is 0. The Morgan fingerprint density at radius 3 is 1.70 bits per heavy atom. The second-order valence-electron chi connectivity index (χ2n) is 5.66. The summed E-state index contributed by atoms with van der Waals surface area (Å²) in [6.45, 7) is 4.08. The van der Waals surface area contributed by atoms with Crippen LogP contribution >= 0.6 is 0 Å². The summed E-state index contributed by atoms with van der Waals surface area (Å²) >= 11 is 0. The van der Waals surface area contributed by atoms with E-state index in [-0.39, 0.29) is 17.6 Å². The van der Waals surface area contributed by atoms with E-state index in [2.05, 4.69) is 4.98 Å². The molecule has 2 nitrogen and oxygen atoms in total. The summed E-state index contributed by atoms with van der Waals surface area (Å²) in [4.78, 5) is 9.21. The number of nitrogens with zero attached hydrogens (tertiary/aromatic N) is 2. The molecule has 0 fully saturated rings. The second kappa shape index (κ2) is 6.24. The molecule has 2 aromatic carbocycles. The fourth-order valence-corrected chi connectivity index (χ4v) is 2.31. The van der Waals surface area contributed by atoms with E-state index in [1.165, 1.54) is 24.3 Å². The summed E-state index contributed by atoms with van der Waals surface area (Å²) in [6.07, 6.45) is 1.73. The van der Waals surface area contributed by atoms with Gasteiger partial charge in [-0.15, -0.1) is 0 Å². The van der Waals surface area contributed by atoms with Crippen molar-refractivity contribution in [1.29, 1.82) is 0 Å². The van der Waals surface area contributed by atoms with Gasteiger partial charge in [0.15, 0.2) is 0 Å². The summed E-state index contributed by atoms with van der Waals surface area (Å²) < 4.78 is 26.4. The number of rotatable bonds is 3. The Morgan fingerprint density at radius 2 is 1.22 bits per heavy atom. The lowest BCUT2D eigenvalue weighted by Crippen LogP contribution is -2.00. The first kappa shape index (κ1) is 15.3. The maximum absolute atomic E-state index is 13.2. The summed E-state index contributed by atoms with van der Waals surface area (Å²) in [5.41, 5.74) is 3.73. The molecule has 0 amide bonds. The van der Waals surface area contributed by atoms with Crippen LogP contribution in [-0.2, 0) is 0 Å². The van der Waals surface area contributed by atoms with E-state index in [1.807, 2.05) is 13.8 Å². The molecule has 0 N–H and O–H groups in total. The van der Waals surface area contributed by atoms with Gasteiger partial charge in [-0.3, -0.25) is 4.98 Å². The van der Waals surface area contributed by atoms with E-state index in [0.29, 0.717) is 11.4 Å². The van der Waals surface area contributed by atoms with E-state index in [0.717, 1.165) is 16.8 Å². The molecule has 0 saturated carbocycles. The zero-order chi connectivity index (χ0) is 16.4. The van der Waals surface area contributed by atoms with Gasteiger partial charge >= 0.3 is 0 Å². The van der Waals surface area contributed by atoms with E-state index in [4.69, 9.17) is 4.98 Å². The fraction of sp³-hybridized carbons (Fsp3) is 0.158. The van der Waals surface area contributed by atoms with Gasteiger partial charge in [0.25, 0.3) is 0 Å². The van der Waals surface area contributed by atoms with E-state index in [9.17, 15) is 8.78 Å². The average molecular weight is 310 g/mol. The van der Waals surface area contributed by atoms with Crippen molar-refractivity contribution in [3.05, 3.63) is 72.1 Å². The largest absolute Gasteiger partial charge is 0.252 e. The smallest absolute Gasteiger partial charge is 0.123 e. The van der Waals surface area contributed by atoms with Gasteiger partial charge < -0.3 is 0 Å². The minimum atomic E-state index is -0.302. The van der Waals surface area contributed by atoms with Crippen LogP contribution in [0.5, 0.6) is 0 Å². The van der Waals surface area contributed by atoms with Crippen LogP contribution in [0.25, 0.3) is 22.5 Å². The molecular formula is C19H16F2N2. The number of benzene rings is 2. The van der Waals surface area contributed by atoms with Crippen molar-refractivity contribution in [1.82, 2.24) is 9.97 Å². The molecule has 0 unspecified atom stereocenters. The SMILES string of the molecule is CC(C)c1cnc(-c2ccc(F)cc2)c(-c2ccc(F)cc2)n1. The molecular weight excluding hydrogens is 294 g/mol. The van der Waals surface area contributed by atoms with Crippen molar-refractivity contribution >= 4 is 0 Å². The first-order chi connectivity index (χ1) is 11.0. The minimum Gasteiger partial charge on any atom is -0.252 e. The van der Waals surface area contributed by atoms with Gasteiger partial charge in [0.1, 0.15) is 11.6 Å². The highest BCUT2D eigenvalue weighted by Crippen LogP contribution is 2.30. The van der Waals surface area contributed by atoms with Crippen molar-refractivity contribution in [2.45, 2.75) is 19.8 Å². The number of halogens is 2. The molecule has 0 radical (unpaired) electrons. The minimum absolute atomic E-state index is 0.226. The molecule has 0 aliphatic heterocycles. The van der Waals surface area contributed by atoms with E-state index in [1.54, 1.807) is 30.5 Å². The normalized spacial score (nSPS) is 11.0. The Morgan fingerprint density at radius 1 is 0.739 bits per heavy atom. The highest BCUT2D eigenvalue weighted by atomic mass is 19.1. The molecule has 0 aliphatic carbocycles. The molecule has 0 bridgehead atoms. The Kier molecular flexibility index (Phi) is 4.15. The van der Waals surface area contributed by atoms with Gasteiger partial charge in [-0.05, 0) is 54.4 Å². The van der Waals surface area contributed by atoms with Gasteiger partial charge in [0.2, 0.25) is 0 Å². The highest BCUT2D eigenvalue weighted by molar-refractivity contribution is 5.77. The Balaban J connectivity index is 2.18. The Labute approximate surface area is 133 Å². The standard InChI is InChI=1S/C19H16F2N2/c1-12(2)17-11-22-18(13-3-7-15(20)8-4-13)19(23-17)14-5-9-16(21)10-6-14/h3-12H,1-2H3. The molecule has 23 heavy (non-hydrogen) atoms. The molecule has 3 rings (SSSR count). The van der Waals surface area contributed by atoms with Gasteiger partial charge in [0.05, 0.1) is 17.1 Å². The third-order valence-corrected chi connectivity index (χ3v) is 3.62. The first-order valence-electron chi connectivity index (χ1n) is 7.43. The van der Waals surface area contributed by atoms with E-state index >= 15 is 0 Å². The van der Waals surface area contributed by atoms with Gasteiger partial charge in [-0.25, -0.2) is 13.8 Å². The maximum atomic E-state index is 13.2. The van der Waals surface area contributed by atoms with Crippen molar-refractivity contribution < 1.29 is 8.78 Å². The van der Waals surface area contributed by atoms with Gasteiger partial charge in [-0.2, -0.15) is 0 Å². The molecule has 0 spiro atoms. The van der Waals surface area contributed by atoms with Crippen molar-refractivity contribution in [2.75, 3.05) is 0 Å². The second-order valence-corrected chi connectivity index (χ2v) is 5.66. The highest BCUT2D eigenvalue weighted by Gasteiger charge is 2.14. The zero-order valence-electron chi connectivity index (χ0n) is 12.9. The molecule has 116 valence electrons. The first-order valence-corrected chi connectivity index (χ1v) is 7.43. The zero-order valence-corrected chi connectivity index (χ0v) is 12.9. The monoisotopic (exact) mass is 310 g/mol. The van der Waals surface area contributed by atoms with Crippen LogP contribution in [-0.4, -0.2) is 9.97 Å². The number of hydrogen-bond donors (Lipinski definition) is 0. The van der Waals surface area contributed by atoms with Crippen LogP contribution < -0.4 is 0 Å². The quantitative estimate of drug-likeness (QED) is 0.663. The number of hydrogen-bond acceptors (Lipinski definition) is 2. The predicted octanol–water partition coefficient (Wildman–Crippen LogP) is 5.21. The Hall–Kier alpha value is -2.62. The molecule has 3 aromatic rings. The third kappa shape index (κ3) is 3.26. The van der Waals surface area contributed by atoms with Crippen LogP contribution in [0.2, 0.25) is 0 Å². The van der Waals surface area contributed by atoms with E-state index < -0.39 is 0 Å². The summed E-state index contributed by atoms with van der Waals surface area (Å²) in [5.74, 6) is -0.377. The van der Waals surface area contributed by atoms with Crippen LogP contribution in [0.4, 0.5) is 8.78 Å². The maximum Gasteiger partial charge on any atom is 0.123 e. The lowest BCUT2D eigenvalue weighted by Gasteiger charge is -2.12. The van der Waals surface area contributed by atoms with Crippen LogP contribution in [0.15, 0.2) is 54.7 Å². The van der Waals surface area contributed by atoms with Crippen molar-refractivity contribution in [3.8, 4) is 22.5 Å². The van der Waals surface area contributed by atoms with Gasteiger partial charge in [0, 0.05) is 17.3 Å². The molecule has 1 heterocycles. The molecule has 4 heteroatoms. The summed E-state index contributed by atoms with van der Waals surface area (Å²) in [6, 6.07) is 12.3. The lowest BCUT2D eigenvalue weighted by atomic mass is 10.0. The average Bonchev–Trinajstić information content (AvgIpc) is 2.56. The van der Waals surface area contributed by atoms with Crippen molar-refractivity contribution in [3.63, 3.8) is 0 Å². The number of aromatic nitrogens is 2. The predicted molar refractivity (Wildman–Crippen MR) is 86.9 cm³/mol. The third-order valence-electron chi connectivity index (χ3n) is 3.62. The molecule has 0 aliphatic rings.